The van der Waals surface area contributed by atoms with Crippen LogP contribution in [0.15, 0.2) is 41.7 Å². The fraction of sp³-hybridized carbons (Fsp3) is 0.100. The summed E-state index contributed by atoms with van der Waals surface area (Å²) in [6, 6.07) is 7.90. The molecule has 0 radical (unpaired) electrons. The van der Waals surface area contributed by atoms with Crippen molar-refractivity contribution in [1.29, 1.82) is 0 Å². The normalized spacial score (nSPS) is 19.9. The molecule has 0 aliphatic carbocycles. The summed E-state index contributed by atoms with van der Waals surface area (Å²) in [7, 11) is 0. The smallest absolute Gasteiger partial charge is 0.0866 e. The molecule has 66 valence electrons. The highest BCUT2D eigenvalue weighted by Crippen LogP contribution is 2.17. The summed E-state index contributed by atoms with van der Waals surface area (Å²) in [6.45, 7) is 0. The first-order chi connectivity index (χ1) is 6.36. The summed E-state index contributed by atoms with van der Waals surface area (Å²) in [4.78, 5) is 4.05. The fourth-order valence-electron chi connectivity index (χ4n) is 1.25. The molecule has 0 fully saturated rings. The maximum absolute atomic E-state index is 5.87. The lowest BCUT2D eigenvalue weighted by Crippen LogP contribution is -2.18. The summed E-state index contributed by atoms with van der Waals surface area (Å²) in [5.74, 6) is 0. The van der Waals surface area contributed by atoms with E-state index in [2.05, 4.69) is 10.3 Å². The van der Waals surface area contributed by atoms with Crippen molar-refractivity contribution in [2.75, 3.05) is 0 Å². The molecule has 1 atom stereocenters. The second kappa shape index (κ2) is 3.62. The van der Waals surface area contributed by atoms with E-state index in [-0.39, 0.29) is 6.04 Å². The Bertz CT molecular complexity index is 358. The minimum atomic E-state index is 0.142. The molecule has 0 saturated heterocycles. The van der Waals surface area contributed by atoms with Crippen molar-refractivity contribution < 1.29 is 0 Å². The molecule has 2 nitrogen and oxygen atoms in total. The van der Waals surface area contributed by atoms with Gasteiger partial charge in [-0.2, -0.15) is 0 Å². The van der Waals surface area contributed by atoms with Gasteiger partial charge in [0.25, 0.3) is 0 Å². The first-order valence-electron chi connectivity index (χ1n) is 4.06. The van der Waals surface area contributed by atoms with Crippen molar-refractivity contribution in [2.45, 2.75) is 6.04 Å². The van der Waals surface area contributed by atoms with Gasteiger partial charge in [0.15, 0.2) is 0 Å². The summed E-state index contributed by atoms with van der Waals surface area (Å²) in [6.07, 6.45) is 5.40. The van der Waals surface area contributed by atoms with Gasteiger partial charge in [0.2, 0.25) is 0 Å². The lowest BCUT2D eigenvalue weighted by atomic mass is 10.1. The van der Waals surface area contributed by atoms with Crippen LogP contribution in [-0.4, -0.2) is 6.21 Å². The van der Waals surface area contributed by atoms with E-state index in [0.29, 0.717) is 0 Å². The van der Waals surface area contributed by atoms with E-state index >= 15 is 0 Å². The number of hydrogen-bond acceptors (Lipinski definition) is 2. The summed E-state index contributed by atoms with van der Waals surface area (Å²) >= 11 is 5.87. The molecule has 2 rings (SSSR count). The SMILES string of the molecule is Clc1cccc(C2C=NC=CN2)c1. The van der Waals surface area contributed by atoms with Gasteiger partial charge < -0.3 is 5.32 Å². The average Bonchev–Trinajstić information content (AvgIpc) is 2.19. The summed E-state index contributed by atoms with van der Waals surface area (Å²) in [5, 5.41) is 3.93. The zero-order chi connectivity index (χ0) is 9.10. The summed E-state index contributed by atoms with van der Waals surface area (Å²) in [5.41, 5.74) is 1.13. The van der Waals surface area contributed by atoms with Crippen molar-refractivity contribution >= 4 is 17.8 Å². The van der Waals surface area contributed by atoms with Crippen molar-refractivity contribution in [2.24, 2.45) is 4.99 Å². The minimum Gasteiger partial charge on any atom is -0.378 e. The lowest BCUT2D eigenvalue weighted by Gasteiger charge is -2.14. The Morgan fingerprint density at radius 1 is 1.38 bits per heavy atom. The Hall–Kier alpha value is -1.28. The first kappa shape index (κ1) is 8.32. The molecule has 0 saturated carbocycles. The third kappa shape index (κ3) is 1.90. The Morgan fingerprint density at radius 2 is 2.31 bits per heavy atom. The number of nitrogens with one attached hydrogen (secondary N) is 1. The van der Waals surface area contributed by atoms with Crippen LogP contribution >= 0.6 is 11.6 Å². The monoisotopic (exact) mass is 192 g/mol. The van der Waals surface area contributed by atoms with Crippen molar-refractivity contribution in [3.63, 3.8) is 0 Å². The Balaban J connectivity index is 2.25. The molecule has 1 aliphatic heterocycles. The predicted octanol–water partition coefficient (Wildman–Crippen LogP) is 2.53. The fourth-order valence-corrected chi connectivity index (χ4v) is 1.45. The van der Waals surface area contributed by atoms with Crippen LogP contribution in [-0.2, 0) is 0 Å². The van der Waals surface area contributed by atoms with E-state index in [1.807, 2.05) is 36.7 Å². The summed E-state index contributed by atoms with van der Waals surface area (Å²) < 4.78 is 0. The van der Waals surface area contributed by atoms with Crippen LogP contribution in [0, 0.1) is 0 Å². The van der Waals surface area contributed by atoms with E-state index < -0.39 is 0 Å². The highest BCUT2D eigenvalue weighted by atomic mass is 35.5. The Kier molecular flexibility index (Phi) is 2.32. The van der Waals surface area contributed by atoms with Crippen LogP contribution in [0.4, 0.5) is 0 Å². The lowest BCUT2D eigenvalue weighted by molar-refractivity contribution is 0.793. The molecule has 13 heavy (non-hydrogen) atoms. The van der Waals surface area contributed by atoms with Crippen molar-refractivity contribution in [3.05, 3.63) is 47.3 Å². The van der Waals surface area contributed by atoms with Gasteiger partial charge in [-0.05, 0) is 17.7 Å². The Labute approximate surface area is 81.9 Å². The van der Waals surface area contributed by atoms with Crippen LogP contribution in [0.3, 0.4) is 0 Å². The van der Waals surface area contributed by atoms with Gasteiger partial charge >= 0.3 is 0 Å². The van der Waals surface area contributed by atoms with Gasteiger partial charge in [-0.15, -0.1) is 0 Å². The molecule has 3 heteroatoms. The molecule has 0 aromatic heterocycles. The zero-order valence-electron chi connectivity index (χ0n) is 6.94. The second-order valence-electron chi connectivity index (χ2n) is 2.81. The minimum absolute atomic E-state index is 0.142. The van der Waals surface area contributed by atoms with Gasteiger partial charge in [-0.3, -0.25) is 4.99 Å². The number of hydrogen-bond donors (Lipinski definition) is 1. The average molecular weight is 193 g/mol. The van der Waals surface area contributed by atoms with Gasteiger partial charge in [0, 0.05) is 23.6 Å². The highest BCUT2D eigenvalue weighted by Gasteiger charge is 2.07. The first-order valence-corrected chi connectivity index (χ1v) is 4.44. The molecule has 0 spiro atoms. The predicted molar refractivity (Wildman–Crippen MR) is 55.0 cm³/mol. The number of rotatable bonds is 1. The number of nitrogens with zero attached hydrogens (tertiary/aromatic N) is 1. The van der Waals surface area contributed by atoms with Crippen LogP contribution in [0.5, 0.6) is 0 Å². The van der Waals surface area contributed by atoms with Gasteiger partial charge in [0.1, 0.15) is 0 Å². The van der Waals surface area contributed by atoms with Crippen molar-refractivity contribution in [1.82, 2.24) is 5.32 Å². The number of halogens is 1. The highest BCUT2D eigenvalue weighted by molar-refractivity contribution is 6.30. The van der Waals surface area contributed by atoms with Crippen LogP contribution in [0.25, 0.3) is 0 Å². The molecular formula is C10H9ClN2. The molecule has 0 amide bonds. The van der Waals surface area contributed by atoms with Gasteiger partial charge in [-0.25, -0.2) is 0 Å². The third-order valence-corrected chi connectivity index (χ3v) is 2.11. The molecule has 1 aromatic rings. The Morgan fingerprint density at radius 3 is 3.00 bits per heavy atom. The molecule has 0 bridgehead atoms. The van der Waals surface area contributed by atoms with E-state index in [4.69, 9.17) is 11.6 Å². The molecule has 1 heterocycles. The molecule has 1 unspecified atom stereocenters. The van der Waals surface area contributed by atoms with E-state index in [0.717, 1.165) is 10.6 Å². The molecular weight excluding hydrogens is 184 g/mol. The molecule has 1 aromatic carbocycles. The van der Waals surface area contributed by atoms with E-state index in [9.17, 15) is 0 Å². The van der Waals surface area contributed by atoms with Gasteiger partial charge in [-0.1, -0.05) is 23.7 Å². The topological polar surface area (TPSA) is 24.4 Å². The zero-order valence-corrected chi connectivity index (χ0v) is 7.70. The van der Waals surface area contributed by atoms with E-state index in [1.165, 1.54) is 0 Å². The van der Waals surface area contributed by atoms with Crippen LogP contribution < -0.4 is 5.32 Å². The maximum Gasteiger partial charge on any atom is 0.0866 e. The maximum atomic E-state index is 5.87. The van der Waals surface area contributed by atoms with Crippen molar-refractivity contribution in [3.8, 4) is 0 Å². The largest absolute Gasteiger partial charge is 0.378 e. The number of benzene rings is 1. The molecule has 1 N–H and O–H groups in total. The van der Waals surface area contributed by atoms with Crippen LogP contribution in [0.1, 0.15) is 11.6 Å². The third-order valence-electron chi connectivity index (χ3n) is 1.88. The quantitative estimate of drug-likeness (QED) is 0.727. The van der Waals surface area contributed by atoms with Gasteiger partial charge in [0.05, 0.1) is 6.04 Å². The molecule has 1 aliphatic rings. The van der Waals surface area contributed by atoms with E-state index in [1.54, 1.807) is 6.20 Å². The second-order valence-corrected chi connectivity index (χ2v) is 3.25. The number of aliphatic imine (C=N–C) groups is 1. The van der Waals surface area contributed by atoms with Crippen LogP contribution in [0.2, 0.25) is 5.02 Å². The standard InChI is InChI=1S/C10H9ClN2/c11-9-3-1-2-8(6-9)10-7-12-4-5-13-10/h1-7,10,13H.